The summed E-state index contributed by atoms with van der Waals surface area (Å²) in [4.78, 5) is 14.8. The van der Waals surface area contributed by atoms with Crippen LogP contribution in [0.3, 0.4) is 0 Å². The van der Waals surface area contributed by atoms with Crippen molar-refractivity contribution in [1.29, 1.82) is 0 Å². The second-order valence-electron chi connectivity index (χ2n) is 3.77. The maximum Gasteiger partial charge on any atom is 0.308 e. The zero-order valence-corrected chi connectivity index (χ0v) is 11.8. The smallest absolute Gasteiger partial charge is 0.308 e. The zero-order valence-electron chi connectivity index (χ0n) is 10.1. The van der Waals surface area contributed by atoms with E-state index >= 15 is 0 Å². The number of carboxylic acids is 1. The van der Waals surface area contributed by atoms with Crippen LogP contribution in [0.2, 0.25) is 0 Å². The first-order valence-corrected chi connectivity index (χ1v) is 7.83. The molecule has 20 heavy (non-hydrogen) atoms. The summed E-state index contributed by atoms with van der Waals surface area (Å²) in [6, 6.07) is 2.88. The van der Waals surface area contributed by atoms with Crippen LogP contribution in [-0.2, 0) is 27.7 Å². The monoisotopic (exact) mass is 317 g/mol. The number of nitrogens with one attached hydrogen (secondary N) is 1. The predicted octanol–water partition coefficient (Wildman–Crippen LogP) is 0.279. The van der Waals surface area contributed by atoms with Crippen LogP contribution in [0.1, 0.15) is 10.8 Å². The summed E-state index contributed by atoms with van der Waals surface area (Å²) in [6.07, 6.45) is 1.33. The molecule has 108 valence electrons. The molecule has 8 nitrogen and oxygen atoms in total. The van der Waals surface area contributed by atoms with E-state index in [1.807, 2.05) is 0 Å². The van der Waals surface area contributed by atoms with E-state index in [1.54, 1.807) is 0 Å². The lowest BCUT2D eigenvalue weighted by Crippen LogP contribution is -2.25. The Balaban J connectivity index is 1.95. The first-order chi connectivity index (χ1) is 9.47. The molecule has 2 N–H and O–H groups in total. The van der Waals surface area contributed by atoms with Gasteiger partial charge >= 0.3 is 5.97 Å². The SMILES string of the molecule is O=C(O)Cc1ccc(S(=O)(=O)NCCc2ncno2)s1. The van der Waals surface area contributed by atoms with Gasteiger partial charge in [-0.3, -0.25) is 4.79 Å². The third kappa shape index (κ3) is 3.85. The molecule has 0 aliphatic heterocycles. The van der Waals surface area contributed by atoms with Gasteiger partial charge in [-0.2, -0.15) is 4.98 Å². The summed E-state index contributed by atoms with van der Waals surface area (Å²) in [7, 11) is -3.64. The summed E-state index contributed by atoms with van der Waals surface area (Å²) >= 11 is 0.933. The lowest BCUT2D eigenvalue weighted by Gasteiger charge is -2.02. The molecule has 0 aliphatic rings. The lowest BCUT2D eigenvalue weighted by atomic mass is 10.3. The van der Waals surface area contributed by atoms with E-state index < -0.39 is 16.0 Å². The maximum absolute atomic E-state index is 11.9. The van der Waals surface area contributed by atoms with Crippen LogP contribution in [0.25, 0.3) is 0 Å². The molecular weight excluding hydrogens is 306 g/mol. The average Bonchev–Trinajstić information content (AvgIpc) is 2.99. The number of sulfonamides is 1. The van der Waals surface area contributed by atoms with Crippen molar-refractivity contribution in [2.24, 2.45) is 0 Å². The molecule has 2 rings (SSSR count). The van der Waals surface area contributed by atoms with Crippen molar-refractivity contribution in [2.45, 2.75) is 17.1 Å². The van der Waals surface area contributed by atoms with Crippen molar-refractivity contribution in [3.63, 3.8) is 0 Å². The molecule has 0 aromatic carbocycles. The molecule has 0 unspecified atom stereocenters. The van der Waals surface area contributed by atoms with Crippen molar-refractivity contribution >= 4 is 27.3 Å². The summed E-state index contributed by atoms with van der Waals surface area (Å²) in [6.45, 7) is 0.122. The van der Waals surface area contributed by atoms with Gasteiger partial charge in [-0.25, -0.2) is 13.1 Å². The Morgan fingerprint density at radius 3 is 2.90 bits per heavy atom. The van der Waals surface area contributed by atoms with Crippen LogP contribution >= 0.6 is 11.3 Å². The van der Waals surface area contributed by atoms with E-state index in [0.717, 1.165) is 11.3 Å². The summed E-state index contributed by atoms with van der Waals surface area (Å²) < 4.78 is 31.1. The highest BCUT2D eigenvalue weighted by Gasteiger charge is 2.17. The Kier molecular flexibility index (Phi) is 4.47. The number of hydrogen-bond acceptors (Lipinski definition) is 7. The first-order valence-electron chi connectivity index (χ1n) is 5.53. The van der Waals surface area contributed by atoms with Gasteiger partial charge in [0.1, 0.15) is 4.21 Å². The number of carbonyl (C=O) groups is 1. The van der Waals surface area contributed by atoms with Crippen molar-refractivity contribution in [2.75, 3.05) is 6.54 Å². The quantitative estimate of drug-likeness (QED) is 0.752. The van der Waals surface area contributed by atoms with Gasteiger partial charge in [0.2, 0.25) is 15.9 Å². The molecule has 0 saturated carbocycles. The molecule has 0 saturated heterocycles. The van der Waals surface area contributed by atoms with E-state index in [0.29, 0.717) is 10.8 Å². The second-order valence-corrected chi connectivity index (χ2v) is 6.94. The van der Waals surface area contributed by atoms with Gasteiger partial charge in [-0.1, -0.05) is 5.16 Å². The minimum absolute atomic E-state index is 0.0827. The van der Waals surface area contributed by atoms with Crippen molar-refractivity contribution in [3.05, 3.63) is 29.2 Å². The standard InChI is InChI=1S/C10H11N3O5S2/c14-9(15)5-7-1-2-10(19-7)20(16,17)13-4-3-8-11-6-12-18-8/h1-2,6,13H,3-5H2,(H,14,15). The molecule has 2 aromatic rings. The zero-order chi connectivity index (χ0) is 14.6. The Morgan fingerprint density at radius 1 is 1.45 bits per heavy atom. The molecule has 0 fully saturated rings. The van der Waals surface area contributed by atoms with Crippen molar-refractivity contribution < 1.29 is 22.8 Å². The molecular formula is C10H11N3O5S2. The van der Waals surface area contributed by atoms with Gasteiger partial charge in [-0.05, 0) is 12.1 Å². The minimum Gasteiger partial charge on any atom is -0.481 e. The number of aromatic nitrogens is 2. The van der Waals surface area contributed by atoms with Crippen LogP contribution in [-0.4, -0.2) is 36.2 Å². The number of nitrogens with zero attached hydrogens (tertiary/aromatic N) is 2. The maximum atomic E-state index is 11.9. The molecule has 10 heteroatoms. The van der Waals surface area contributed by atoms with Gasteiger partial charge < -0.3 is 9.63 Å². The molecule has 0 radical (unpaired) electrons. The fourth-order valence-corrected chi connectivity index (χ4v) is 3.84. The number of carboxylic acid groups (broad SMARTS) is 1. The van der Waals surface area contributed by atoms with Crippen molar-refractivity contribution in [1.82, 2.24) is 14.9 Å². The second kappa shape index (κ2) is 6.11. The highest BCUT2D eigenvalue weighted by atomic mass is 32.2. The van der Waals surface area contributed by atoms with Crippen molar-refractivity contribution in [3.8, 4) is 0 Å². The van der Waals surface area contributed by atoms with E-state index in [9.17, 15) is 13.2 Å². The number of rotatable bonds is 7. The van der Waals surface area contributed by atoms with E-state index in [2.05, 4.69) is 14.9 Å². The molecule has 0 amide bonds. The topological polar surface area (TPSA) is 122 Å². The molecule has 0 spiro atoms. The van der Waals surface area contributed by atoms with Gasteiger partial charge in [0, 0.05) is 17.8 Å². The van der Waals surface area contributed by atoms with Crippen LogP contribution in [0, 0.1) is 0 Å². The molecule has 2 aromatic heterocycles. The first kappa shape index (κ1) is 14.6. The third-order valence-electron chi connectivity index (χ3n) is 2.27. The summed E-state index contributed by atoms with van der Waals surface area (Å²) in [5.41, 5.74) is 0. The molecule has 0 aliphatic carbocycles. The number of thiophene rings is 1. The van der Waals surface area contributed by atoms with Gasteiger partial charge in [0.25, 0.3) is 0 Å². The van der Waals surface area contributed by atoms with E-state index in [-0.39, 0.29) is 23.6 Å². The fraction of sp³-hybridized carbons (Fsp3) is 0.300. The average molecular weight is 317 g/mol. The van der Waals surface area contributed by atoms with Gasteiger partial charge in [0.15, 0.2) is 6.33 Å². The summed E-state index contributed by atoms with van der Waals surface area (Å²) in [5.74, 6) is -0.661. The van der Waals surface area contributed by atoms with E-state index in [1.165, 1.54) is 18.5 Å². The van der Waals surface area contributed by atoms with Crippen LogP contribution in [0.4, 0.5) is 0 Å². The minimum atomic E-state index is -3.64. The lowest BCUT2D eigenvalue weighted by molar-refractivity contribution is -0.136. The summed E-state index contributed by atoms with van der Waals surface area (Å²) in [5, 5.41) is 12.1. The Hall–Kier alpha value is -1.78. The molecule has 2 heterocycles. The van der Waals surface area contributed by atoms with Gasteiger partial charge in [0.05, 0.1) is 6.42 Å². The molecule has 0 bridgehead atoms. The third-order valence-corrected chi connectivity index (χ3v) is 5.30. The Morgan fingerprint density at radius 2 is 2.25 bits per heavy atom. The highest BCUT2D eigenvalue weighted by Crippen LogP contribution is 2.21. The van der Waals surface area contributed by atoms with E-state index in [4.69, 9.17) is 9.63 Å². The number of hydrogen-bond donors (Lipinski definition) is 2. The normalized spacial score (nSPS) is 11.6. The van der Waals surface area contributed by atoms with Crippen LogP contribution < -0.4 is 4.72 Å². The predicted molar refractivity (Wildman–Crippen MR) is 68.8 cm³/mol. The Bertz CT molecular complexity index is 678. The molecule has 0 atom stereocenters. The highest BCUT2D eigenvalue weighted by molar-refractivity contribution is 7.91. The van der Waals surface area contributed by atoms with Gasteiger partial charge in [-0.15, -0.1) is 11.3 Å². The number of aliphatic carboxylic acids is 1. The van der Waals surface area contributed by atoms with Crippen LogP contribution in [0.15, 0.2) is 27.2 Å². The largest absolute Gasteiger partial charge is 0.481 e. The Labute approximate surface area is 118 Å². The fourth-order valence-electron chi connectivity index (χ4n) is 1.42. The van der Waals surface area contributed by atoms with Crippen LogP contribution in [0.5, 0.6) is 0 Å².